The van der Waals surface area contributed by atoms with Crippen LogP contribution in [0, 0.1) is 11.8 Å². The fraction of sp³-hybridized carbons (Fsp3) is 0.364. The van der Waals surface area contributed by atoms with Crippen molar-refractivity contribution in [1.82, 2.24) is 14.8 Å². The molecule has 7 heteroatoms. The zero-order valence-electron chi connectivity index (χ0n) is 16.0. The Labute approximate surface area is 173 Å². The number of fused-ring (bicyclic) bond motifs is 2. The molecule has 2 atom stereocenters. The maximum absolute atomic E-state index is 10.9. The van der Waals surface area contributed by atoms with E-state index in [2.05, 4.69) is 33.0 Å². The number of hydrogen-bond donors (Lipinski definition) is 1. The van der Waals surface area contributed by atoms with E-state index in [1.54, 1.807) is 11.3 Å². The molecule has 1 N–H and O–H groups in total. The number of carboxylic acid groups (broad SMARTS) is 1. The van der Waals surface area contributed by atoms with Crippen molar-refractivity contribution in [1.29, 1.82) is 0 Å². The van der Waals surface area contributed by atoms with Crippen LogP contribution >= 0.6 is 11.3 Å². The molecule has 0 spiro atoms. The molecule has 2 unspecified atom stereocenters. The predicted octanol–water partition coefficient (Wildman–Crippen LogP) is 3.54. The van der Waals surface area contributed by atoms with Gasteiger partial charge in [-0.25, -0.2) is 4.98 Å². The van der Waals surface area contributed by atoms with Crippen molar-refractivity contribution in [2.75, 3.05) is 32.7 Å². The largest absolute Gasteiger partial charge is 0.480 e. The third-order valence-electron chi connectivity index (χ3n) is 5.81. The lowest BCUT2D eigenvalue weighted by Gasteiger charge is -2.20. The Hall–Kier alpha value is -2.48. The number of aromatic nitrogens is 1. The van der Waals surface area contributed by atoms with Gasteiger partial charge in [-0.15, -0.1) is 0 Å². The standard InChI is InChI=1S/C22H23N3O3S/c26-21(27)14-25-12-16-10-24(11-17(16)13-25)9-15-5-7-18(8-6-15)28-22-23-19-3-1-2-4-20(19)29-22/h1-8,16-17H,9-14H2,(H,26,27). The lowest BCUT2D eigenvalue weighted by molar-refractivity contribution is -0.138. The van der Waals surface area contributed by atoms with Crippen molar-refractivity contribution in [3.8, 4) is 10.9 Å². The number of nitrogens with zero attached hydrogens (tertiary/aromatic N) is 3. The maximum Gasteiger partial charge on any atom is 0.317 e. The molecule has 0 amide bonds. The number of rotatable bonds is 6. The average Bonchev–Trinajstić information content (AvgIpc) is 3.35. The number of aliphatic carboxylic acids is 1. The predicted molar refractivity (Wildman–Crippen MR) is 112 cm³/mol. The molecule has 2 aromatic carbocycles. The summed E-state index contributed by atoms with van der Waals surface area (Å²) in [5, 5.41) is 9.63. The minimum atomic E-state index is -0.727. The van der Waals surface area contributed by atoms with Gasteiger partial charge in [0.1, 0.15) is 5.75 Å². The van der Waals surface area contributed by atoms with E-state index in [1.807, 2.05) is 30.3 Å². The Morgan fingerprint density at radius 3 is 2.41 bits per heavy atom. The van der Waals surface area contributed by atoms with Crippen LogP contribution in [0.1, 0.15) is 5.56 Å². The highest BCUT2D eigenvalue weighted by atomic mass is 32.1. The summed E-state index contributed by atoms with van der Waals surface area (Å²) in [6, 6.07) is 16.3. The van der Waals surface area contributed by atoms with Crippen LogP contribution in [0.4, 0.5) is 0 Å². The van der Waals surface area contributed by atoms with Gasteiger partial charge in [0.05, 0.1) is 16.8 Å². The van der Waals surface area contributed by atoms with Crippen molar-refractivity contribution in [2.24, 2.45) is 11.8 Å². The van der Waals surface area contributed by atoms with Gasteiger partial charge in [-0.2, -0.15) is 0 Å². The van der Waals surface area contributed by atoms with E-state index in [4.69, 9.17) is 9.84 Å². The van der Waals surface area contributed by atoms with Gasteiger partial charge in [0, 0.05) is 32.7 Å². The normalized spacial score (nSPS) is 22.2. The minimum Gasteiger partial charge on any atom is -0.480 e. The Bertz CT molecular complexity index is 973. The Morgan fingerprint density at radius 2 is 1.72 bits per heavy atom. The molecule has 3 aromatic rings. The van der Waals surface area contributed by atoms with Crippen LogP contribution in [-0.4, -0.2) is 58.6 Å². The van der Waals surface area contributed by atoms with E-state index in [-0.39, 0.29) is 6.54 Å². The Kier molecular flexibility index (Phi) is 4.95. The molecule has 6 nitrogen and oxygen atoms in total. The van der Waals surface area contributed by atoms with E-state index >= 15 is 0 Å². The number of carboxylic acids is 1. The van der Waals surface area contributed by atoms with E-state index in [0.29, 0.717) is 17.0 Å². The second-order valence-corrected chi connectivity index (χ2v) is 8.99. The number of thiazole rings is 1. The molecule has 29 heavy (non-hydrogen) atoms. The molecule has 150 valence electrons. The summed E-state index contributed by atoms with van der Waals surface area (Å²) in [5.74, 6) is 1.26. The number of ether oxygens (including phenoxy) is 1. The quantitative estimate of drug-likeness (QED) is 0.672. The van der Waals surface area contributed by atoms with Gasteiger partial charge >= 0.3 is 5.97 Å². The summed E-state index contributed by atoms with van der Waals surface area (Å²) in [5.41, 5.74) is 2.23. The SMILES string of the molecule is O=C(O)CN1CC2CN(Cc3ccc(Oc4nc5ccccc5s4)cc3)CC2C1. The first-order valence-corrected chi connectivity index (χ1v) is 10.7. The van der Waals surface area contributed by atoms with Crippen LogP contribution in [0.15, 0.2) is 48.5 Å². The number of benzene rings is 2. The van der Waals surface area contributed by atoms with Gasteiger partial charge in [0.25, 0.3) is 5.19 Å². The van der Waals surface area contributed by atoms with Crippen molar-refractivity contribution in [3.05, 3.63) is 54.1 Å². The van der Waals surface area contributed by atoms with E-state index in [0.717, 1.165) is 48.7 Å². The molecule has 0 bridgehead atoms. The molecule has 0 radical (unpaired) electrons. The van der Waals surface area contributed by atoms with Crippen molar-refractivity contribution in [3.63, 3.8) is 0 Å². The molecular weight excluding hydrogens is 386 g/mol. The summed E-state index contributed by atoms with van der Waals surface area (Å²) in [4.78, 5) is 20.0. The molecule has 3 heterocycles. The number of para-hydroxylation sites is 1. The summed E-state index contributed by atoms with van der Waals surface area (Å²) >= 11 is 1.55. The Morgan fingerprint density at radius 1 is 1.03 bits per heavy atom. The van der Waals surface area contributed by atoms with Gasteiger partial charge in [-0.3, -0.25) is 14.6 Å². The van der Waals surface area contributed by atoms with E-state index < -0.39 is 5.97 Å². The third kappa shape index (κ3) is 4.12. The highest BCUT2D eigenvalue weighted by Gasteiger charge is 2.40. The summed E-state index contributed by atoms with van der Waals surface area (Å²) in [7, 11) is 0. The van der Waals surface area contributed by atoms with Crippen molar-refractivity contribution < 1.29 is 14.6 Å². The lowest BCUT2D eigenvalue weighted by atomic mass is 10.0. The highest BCUT2D eigenvalue weighted by molar-refractivity contribution is 7.20. The molecule has 5 rings (SSSR count). The zero-order chi connectivity index (χ0) is 19.8. The van der Waals surface area contributed by atoms with Gasteiger partial charge in [-0.1, -0.05) is 35.6 Å². The summed E-state index contributed by atoms with van der Waals surface area (Å²) in [6.45, 7) is 5.00. The molecule has 2 aliphatic heterocycles. The monoisotopic (exact) mass is 409 g/mol. The third-order valence-corrected chi connectivity index (χ3v) is 6.72. The van der Waals surface area contributed by atoms with Crippen molar-refractivity contribution in [2.45, 2.75) is 6.54 Å². The molecular formula is C22H23N3O3S. The van der Waals surface area contributed by atoms with E-state index in [9.17, 15) is 4.79 Å². The van der Waals surface area contributed by atoms with Crippen LogP contribution < -0.4 is 4.74 Å². The highest BCUT2D eigenvalue weighted by Crippen LogP contribution is 2.33. The van der Waals surface area contributed by atoms with E-state index in [1.165, 1.54) is 5.56 Å². The smallest absolute Gasteiger partial charge is 0.317 e. The zero-order valence-corrected chi connectivity index (χ0v) is 16.8. The van der Waals surface area contributed by atoms with Gasteiger partial charge < -0.3 is 9.84 Å². The second-order valence-electron chi connectivity index (χ2n) is 8.00. The lowest BCUT2D eigenvalue weighted by Crippen LogP contribution is -2.32. The van der Waals surface area contributed by atoms with Crippen LogP contribution in [-0.2, 0) is 11.3 Å². The molecule has 0 saturated carbocycles. The van der Waals surface area contributed by atoms with Gasteiger partial charge in [-0.05, 0) is 41.7 Å². The molecule has 2 fully saturated rings. The molecule has 1 aromatic heterocycles. The van der Waals surface area contributed by atoms with Gasteiger partial charge in [0.15, 0.2) is 0 Å². The van der Waals surface area contributed by atoms with Crippen LogP contribution in [0.2, 0.25) is 0 Å². The van der Waals surface area contributed by atoms with Crippen LogP contribution in [0.25, 0.3) is 10.2 Å². The average molecular weight is 410 g/mol. The number of likely N-dealkylation sites (tertiary alicyclic amines) is 2. The fourth-order valence-corrected chi connectivity index (χ4v) is 5.39. The van der Waals surface area contributed by atoms with Gasteiger partial charge in [0.2, 0.25) is 0 Å². The Balaban J connectivity index is 1.16. The van der Waals surface area contributed by atoms with Crippen molar-refractivity contribution >= 4 is 27.5 Å². The maximum atomic E-state index is 10.9. The molecule has 2 saturated heterocycles. The summed E-state index contributed by atoms with van der Waals surface area (Å²) in [6.07, 6.45) is 0. The topological polar surface area (TPSA) is 65.9 Å². The summed E-state index contributed by atoms with van der Waals surface area (Å²) < 4.78 is 7.06. The number of hydrogen-bond acceptors (Lipinski definition) is 6. The first kappa shape index (κ1) is 18.5. The minimum absolute atomic E-state index is 0.170. The number of carbonyl (C=O) groups is 1. The molecule has 0 aliphatic carbocycles. The second kappa shape index (κ2) is 7.74. The first-order valence-electron chi connectivity index (χ1n) is 9.91. The first-order chi connectivity index (χ1) is 14.1. The van der Waals surface area contributed by atoms with Crippen LogP contribution in [0.5, 0.6) is 10.9 Å². The van der Waals surface area contributed by atoms with Crippen LogP contribution in [0.3, 0.4) is 0 Å². The fourth-order valence-electron chi connectivity index (χ4n) is 4.55. The molecule has 2 aliphatic rings.